The molecular formula is C12H17N3O. The van der Waals surface area contributed by atoms with E-state index in [0.29, 0.717) is 11.8 Å². The molecule has 4 heteroatoms. The summed E-state index contributed by atoms with van der Waals surface area (Å²) >= 11 is 0. The molecule has 0 aliphatic carbocycles. The average molecular weight is 219 g/mol. The zero-order valence-corrected chi connectivity index (χ0v) is 9.59. The zero-order chi connectivity index (χ0) is 11.0. The minimum Gasteiger partial charge on any atom is -0.480 e. The molecule has 2 aliphatic rings. The third-order valence-electron chi connectivity index (χ3n) is 3.79. The van der Waals surface area contributed by atoms with Gasteiger partial charge in [0.2, 0.25) is 5.88 Å². The van der Waals surface area contributed by atoms with E-state index in [4.69, 9.17) is 4.74 Å². The Morgan fingerprint density at radius 3 is 3.12 bits per heavy atom. The van der Waals surface area contributed by atoms with Gasteiger partial charge >= 0.3 is 0 Å². The second-order valence-corrected chi connectivity index (χ2v) is 4.75. The molecule has 2 bridgehead atoms. The molecule has 0 N–H and O–H groups in total. The molecule has 1 unspecified atom stereocenters. The van der Waals surface area contributed by atoms with Gasteiger partial charge in [0, 0.05) is 25.2 Å². The van der Waals surface area contributed by atoms with E-state index in [-0.39, 0.29) is 0 Å². The number of piperidine rings is 1. The second kappa shape index (κ2) is 4.01. The first kappa shape index (κ1) is 10.0. The molecule has 3 heterocycles. The van der Waals surface area contributed by atoms with Gasteiger partial charge in [0.15, 0.2) is 0 Å². The highest BCUT2D eigenvalue weighted by Crippen LogP contribution is 2.37. The highest BCUT2D eigenvalue weighted by Gasteiger charge is 2.37. The summed E-state index contributed by atoms with van der Waals surface area (Å²) in [4.78, 5) is 11.3. The maximum atomic E-state index is 5.14. The average Bonchev–Trinajstić information content (AvgIpc) is 2.64. The van der Waals surface area contributed by atoms with Crippen molar-refractivity contribution >= 4 is 0 Å². The lowest BCUT2D eigenvalue weighted by atomic mass is 9.89. The van der Waals surface area contributed by atoms with Crippen LogP contribution in [0.1, 0.15) is 24.5 Å². The summed E-state index contributed by atoms with van der Waals surface area (Å²) in [5.41, 5.74) is 1.11. The number of nitrogens with zero attached hydrogens (tertiary/aromatic N) is 3. The van der Waals surface area contributed by atoms with Gasteiger partial charge in [-0.05, 0) is 25.3 Å². The van der Waals surface area contributed by atoms with Crippen LogP contribution in [0.3, 0.4) is 0 Å². The molecule has 16 heavy (non-hydrogen) atoms. The summed E-state index contributed by atoms with van der Waals surface area (Å²) in [6, 6.07) is 0. The third kappa shape index (κ3) is 1.67. The van der Waals surface area contributed by atoms with Gasteiger partial charge in [0.05, 0.1) is 19.0 Å². The Morgan fingerprint density at radius 2 is 2.31 bits per heavy atom. The number of ether oxygens (including phenoxy) is 1. The van der Waals surface area contributed by atoms with Gasteiger partial charge in [-0.25, -0.2) is 4.98 Å². The molecule has 3 rings (SSSR count). The Hall–Kier alpha value is -1.16. The van der Waals surface area contributed by atoms with E-state index in [1.807, 2.05) is 6.20 Å². The monoisotopic (exact) mass is 219 g/mol. The Morgan fingerprint density at radius 1 is 1.38 bits per heavy atom. The van der Waals surface area contributed by atoms with Crippen LogP contribution in [0, 0.1) is 5.92 Å². The first-order chi connectivity index (χ1) is 7.86. The largest absolute Gasteiger partial charge is 0.480 e. The highest BCUT2D eigenvalue weighted by molar-refractivity contribution is 5.16. The number of aromatic nitrogens is 2. The van der Waals surface area contributed by atoms with Crippen molar-refractivity contribution in [2.45, 2.75) is 18.8 Å². The smallest absolute Gasteiger partial charge is 0.232 e. The van der Waals surface area contributed by atoms with Crippen molar-refractivity contribution in [3.8, 4) is 5.88 Å². The van der Waals surface area contributed by atoms with E-state index in [2.05, 4.69) is 14.9 Å². The first-order valence-corrected chi connectivity index (χ1v) is 5.95. The van der Waals surface area contributed by atoms with Crippen LogP contribution < -0.4 is 4.74 Å². The maximum Gasteiger partial charge on any atom is 0.232 e. The van der Waals surface area contributed by atoms with Crippen LogP contribution in [0.25, 0.3) is 0 Å². The Bertz CT molecular complexity index is 382. The lowest BCUT2D eigenvalue weighted by Crippen LogP contribution is -2.25. The molecule has 1 aromatic heterocycles. The van der Waals surface area contributed by atoms with Crippen molar-refractivity contribution in [1.82, 2.24) is 14.9 Å². The minimum absolute atomic E-state index is 0.560. The highest BCUT2D eigenvalue weighted by atomic mass is 16.5. The lowest BCUT2D eigenvalue weighted by molar-refractivity contribution is 0.269. The minimum atomic E-state index is 0.560. The van der Waals surface area contributed by atoms with Crippen molar-refractivity contribution in [2.24, 2.45) is 5.92 Å². The number of fused-ring (bicyclic) bond motifs is 2. The SMILES string of the molecule is COc1cncc([C@@H]2CN3CCC[C@H]2C3)n1. The molecule has 0 amide bonds. The van der Waals surface area contributed by atoms with Crippen molar-refractivity contribution in [2.75, 3.05) is 26.7 Å². The summed E-state index contributed by atoms with van der Waals surface area (Å²) in [7, 11) is 1.64. The standard InChI is InChI=1S/C12H17N3O/c1-16-12-6-13-5-11(14-12)10-8-15-4-2-3-9(10)7-15/h5-6,9-10H,2-4,7-8H2,1H3/t9-,10+/m0/s1. The predicted octanol–water partition coefficient (Wildman–Crippen LogP) is 1.29. The van der Waals surface area contributed by atoms with E-state index in [0.717, 1.165) is 18.2 Å². The van der Waals surface area contributed by atoms with Crippen molar-refractivity contribution in [3.63, 3.8) is 0 Å². The van der Waals surface area contributed by atoms with Gasteiger partial charge in [-0.1, -0.05) is 0 Å². The molecule has 0 saturated carbocycles. The fourth-order valence-electron chi connectivity index (χ4n) is 2.99. The quantitative estimate of drug-likeness (QED) is 0.751. The third-order valence-corrected chi connectivity index (χ3v) is 3.79. The van der Waals surface area contributed by atoms with Crippen molar-refractivity contribution in [3.05, 3.63) is 18.1 Å². The number of hydrogen-bond acceptors (Lipinski definition) is 4. The molecular weight excluding hydrogens is 202 g/mol. The first-order valence-electron chi connectivity index (χ1n) is 5.95. The van der Waals surface area contributed by atoms with Gasteiger partial charge in [-0.15, -0.1) is 0 Å². The molecule has 4 nitrogen and oxygen atoms in total. The van der Waals surface area contributed by atoms with Gasteiger partial charge in [-0.2, -0.15) is 0 Å². The number of methoxy groups -OCH3 is 1. The summed E-state index contributed by atoms with van der Waals surface area (Å²) in [6.45, 7) is 3.64. The fourth-order valence-corrected chi connectivity index (χ4v) is 2.99. The van der Waals surface area contributed by atoms with Gasteiger partial charge < -0.3 is 9.64 Å². The molecule has 1 aromatic rings. The van der Waals surface area contributed by atoms with Gasteiger partial charge in [-0.3, -0.25) is 4.98 Å². The molecule has 0 spiro atoms. The van der Waals surface area contributed by atoms with Crippen LogP contribution in [0.4, 0.5) is 0 Å². The molecule has 2 fully saturated rings. The van der Waals surface area contributed by atoms with Crippen LogP contribution in [0.15, 0.2) is 12.4 Å². The molecule has 2 aliphatic heterocycles. The molecule has 86 valence electrons. The van der Waals surface area contributed by atoms with E-state index in [9.17, 15) is 0 Å². The molecule has 2 saturated heterocycles. The Kier molecular flexibility index (Phi) is 2.52. The zero-order valence-electron chi connectivity index (χ0n) is 9.59. The van der Waals surface area contributed by atoms with Crippen LogP contribution in [0.5, 0.6) is 5.88 Å². The van der Waals surface area contributed by atoms with Gasteiger partial charge in [0.25, 0.3) is 0 Å². The Labute approximate surface area is 95.7 Å². The predicted molar refractivity (Wildman–Crippen MR) is 60.5 cm³/mol. The maximum absolute atomic E-state index is 5.14. The van der Waals surface area contributed by atoms with Crippen LogP contribution in [0.2, 0.25) is 0 Å². The molecule has 3 atom stereocenters. The second-order valence-electron chi connectivity index (χ2n) is 4.75. The normalized spacial score (nSPS) is 32.7. The summed E-state index contributed by atoms with van der Waals surface area (Å²) in [6.07, 6.45) is 6.23. The van der Waals surface area contributed by atoms with E-state index in [1.54, 1.807) is 13.3 Å². The summed E-state index contributed by atoms with van der Waals surface area (Å²) < 4.78 is 5.14. The molecule has 0 aromatic carbocycles. The van der Waals surface area contributed by atoms with Crippen molar-refractivity contribution < 1.29 is 4.74 Å². The topological polar surface area (TPSA) is 38.2 Å². The summed E-state index contributed by atoms with van der Waals surface area (Å²) in [5, 5.41) is 0. The number of hydrogen-bond donors (Lipinski definition) is 0. The fraction of sp³-hybridized carbons (Fsp3) is 0.667. The Balaban J connectivity index is 1.86. The molecule has 0 radical (unpaired) electrons. The van der Waals surface area contributed by atoms with Crippen LogP contribution in [-0.2, 0) is 0 Å². The van der Waals surface area contributed by atoms with Crippen molar-refractivity contribution in [1.29, 1.82) is 0 Å². The van der Waals surface area contributed by atoms with E-state index >= 15 is 0 Å². The lowest BCUT2D eigenvalue weighted by Gasteiger charge is -2.21. The van der Waals surface area contributed by atoms with Crippen LogP contribution >= 0.6 is 0 Å². The van der Waals surface area contributed by atoms with E-state index < -0.39 is 0 Å². The van der Waals surface area contributed by atoms with E-state index in [1.165, 1.54) is 25.9 Å². The van der Waals surface area contributed by atoms with Gasteiger partial charge in [0.1, 0.15) is 0 Å². The summed E-state index contributed by atoms with van der Waals surface area (Å²) in [5.74, 6) is 1.97. The number of rotatable bonds is 2. The van der Waals surface area contributed by atoms with Crippen LogP contribution in [-0.4, -0.2) is 41.6 Å².